The van der Waals surface area contributed by atoms with Crippen LogP contribution in [0.15, 0.2) is 47.6 Å². The van der Waals surface area contributed by atoms with E-state index in [1.54, 1.807) is 0 Å². The van der Waals surface area contributed by atoms with Gasteiger partial charge in [0.2, 0.25) is 5.91 Å². The number of halogens is 3. The highest BCUT2D eigenvalue weighted by Gasteiger charge is 2.30. The topological polar surface area (TPSA) is 70.7 Å². The Hall–Kier alpha value is -2.55. The van der Waals surface area contributed by atoms with Crippen LogP contribution in [0.5, 0.6) is 0 Å². The zero-order valence-electron chi connectivity index (χ0n) is 12.8. The minimum Gasteiger partial charge on any atom is -0.348 e. The van der Waals surface area contributed by atoms with E-state index in [0.717, 1.165) is 35.1 Å². The number of amides is 1. The van der Waals surface area contributed by atoms with Crippen molar-refractivity contribution in [2.75, 3.05) is 5.75 Å². The molecule has 5 nitrogen and oxygen atoms in total. The summed E-state index contributed by atoms with van der Waals surface area (Å²) in [6.45, 7) is 0.245. The van der Waals surface area contributed by atoms with Gasteiger partial charge in [-0.2, -0.15) is 13.2 Å². The summed E-state index contributed by atoms with van der Waals surface area (Å²) in [5, 5.41) is 3.06. The Bertz CT molecular complexity index is 844. The van der Waals surface area contributed by atoms with E-state index in [1.807, 2.05) is 24.3 Å². The molecule has 0 bridgehead atoms. The van der Waals surface area contributed by atoms with Gasteiger partial charge in [0, 0.05) is 6.20 Å². The molecular formula is C16H13F3N4OS. The summed E-state index contributed by atoms with van der Waals surface area (Å²) < 4.78 is 37.4. The predicted octanol–water partition coefficient (Wildman–Crippen LogP) is 3.39. The van der Waals surface area contributed by atoms with Crippen molar-refractivity contribution >= 4 is 28.7 Å². The summed E-state index contributed by atoms with van der Waals surface area (Å²) in [7, 11) is 0. The van der Waals surface area contributed by atoms with Crippen LogP contribution in [-0.2, 0) is 17.5 Å². The van der Waals surface area contributed by atoms with Crippen molar-refractivity contribution in [3.05, 3.63) is 54.0 Å². The molecule has 2 heterocycles. The van der Waals surface area contributed by atoms with Crippen LogP contribution < -0.4 is 5.32 Å². The van der Waals surface area contributed by atoms with Crippen molar-refractivity contribution in [2.45, 2.75) is 17.7 Å². The minimum absolute atomic E-state index is 0.0542. The molecule has 0 aliphatic heterocycles. The summed E-state index contributed by atoms with van der Waals surface area (Å²) in [5.74, 6) is 0.429. The monoisotopic (exact) mass is 366 g/mol. The largest absolute Gasteiger partial charge is 0.417 e. The average Bonchev–Trinajstić information content (AvgIpc) is 3.00. The van der Waals surface area contributed by atoms with E-state index >= 15 is 0 Å². The highest BCUT2D eigenvalue weighted by Crippen LogP contribution is 2.29. The van der Waals surface area contributed by atoms with Crippen molar-refractivity contribution in [1.82, 2.24) is 20.3 Å². The van der Waals surface area contributed by atoms with Crippen LogP contribution in [0, 0.1) is 0 Å². The molecule has 130 valence electrons. The van der Waals surface area contributed by atoms with E-state index in [4.69, 9.17) is 0 Å². The second-order valence-electron chi connectivity index (χ2n) is 5.15. The molecule has 0 saturated heterocycles. The molecule has 0 atom stereocenters. The quantitative estimate of drug-likeness (QED) is 0.679. The molecule has 3 rings (SSSR count). The summed E-state index contributed by atoms with van der Waals surface area (Å²) in [5.41, 5.74) is 0.886. The van der Waals surface area contributed by atoms with Gasteiger partial charge in [0.05, 0.1) is 33.9 Å². The molecule has 2 N–H and O–H groups in total. The van der Waals surface area contributed by atoms with Gasteiger partial charge in [0.15, 0.2) is 0 Å². The first-order valence-electron chi connectivity index (χ1n) is 7.28. The first-order chi connectivity index (χ1) is 11.9. The number of para-hydroxylation sites is 2. The number of imidazole rings is 1. The number of hydrogen-bond donors (Lipinski definition) is 2. The number of carbonyl (C=O) groups excluding carboxylic acids is 1. The lowest BCUT2D eigenvalue weighted by Crippen LogP contribution is -2.25. The number of aromatic nitrogens is 3. The predicted molar refractivity (Wildman–Crippen MR) is 87.9 cm³/mol. The molecule has 25 heavy (non-hydrogen) atoms. The maximum Gasteiger partial charge on any atom is 0.417 e. The Labute approximate surface area is 145 Å². The molecule has 1 amide bonds. The number of aromatic amines is 1. The van der Waals surface area contributed by atoms with Gasteiger partial charge in [-0.1, -0.05) is 23.9 Å². The van der Waals surface area contributed by atoms with Gasteiger partial charge >= 0.3 is 6.18 Å². The number of thioether (sulfide) groups is 1. The molecule has 0 unspecified atom stereocenters. The Kier molecular flexibility index (Phi) is 4.93. The Morgan fingerprint density at radius 1 is 1.20 bits per heavy atom. The average molecular weight is 366 g/mol. The van der Waals surface area contributed by atoms with Crippen LogP contribution in [-0.4, -0.2) is 26.6 Å². The van der Waals surface area contributed by atoms with Crippen LogP contribution in [0.25, 0.3) is 11.0 Å². The maximum atomic E-state index is 12.5. The van der Waals surface area contributed by atoms with Crippen LogP contribution in [0.2, 0.25) is 0 Å². The summed E-state index contributed by atoms with van der Waals surface area (Å²) in [4.78, 5) is 23.0. The smallest absolute Gasteiger partial charge is 0.348 e. The van der Waals surface area contributed by atoms with E-state index in [1.165, 1.54) is 6.07 Å². The summed E-state index contributed by atoms with van der Waals surface area (Å²) in [6, 6.07) is 9.71. The third kappa shape index (κ3) is 4.50. The van der Waals surface area contributed by atoms with Gasteiger partial charge in [0.1, 0.15) is 5.82 Å². The fraction of sp³-hybridized carbons (Fsp3) is 0.188. The number of nitrogens with one attached hydrogen (secondary N) is 2. The number of nitrogens with zero attached hydrogens (tertiary/aromatic N) is 2. The van der Waals surface area contributed by atoms with Crippen molar-refractivity contribution in [3.8, 4) is 0 Å². The highest BCUT2D eigenvalue weighted by molar-refractivity contribution is 7.99. The minimum atomic E-state index is -4.42. The van der Waals surface area contributed by atoms with Crippen LogP contribution >= 0.6 is 11.8 Å². The lowest BCUT2D eigenvalue weighted by molar-refractivity contribution is -0.137. The third-order valence-electron chi connectivity index (χ3n) is 3.31. The van der Waals surface area contributed by atoms with E-state index in [0.29, 0.717) is 10.9 Å². The number of rotatable bonds is 5. The zero-order valence-corrected chi connectivity index (χ0v) is 13.6. The molecule has 0 radical (unpaired) electrons. The highest BCUT2D eigenvalue weighted by atomic mass is 32.2. The van der Waals surface area contributed by atoms with E-state index < -0.39 is 11.7 Å². The second-order valence-corrected chi connectivity index (χ2v) is 6.14. The fourth-order valence-electron chi connectivity index (χ4n) is 2.10. The molecule has 3 aromatic rings. The van der Waals surface area contributed by atoms with Crippen molar-refractivity contribution in [1.29, 1.82) is 0 Å². The standard InChI is InChI=1S/C16H13F3N4OS/c17-16(18,19)10-5-6-15(21-7-10)25-9-14(24)20-8-13-22-11-3-1-2-4-12(11)23-13/h1-7H,8-9H2,(H,20,24)(H,22,23). The van der Waals surface area contributed by atoms with Gasteiger partial charge in [-0.05, 0) is 24.3 Å². The molecule has 9 heteroatoms. The Morgan fingerprint density at radius 2 is 2.00 bits per heavy atom. The Morgan fingerprint density at radius 3 is 2.68 bits per heavy atom. The zero-order chi connectivity index (χ0) is 17.9. The lowest BCUT2D eigenvalue weighted by Gasteiger charge is -2.06. The normalized spacial score (nSPS) is 11.6. The van der Waals surface area contributed by atoms with E-state index in [-0.39, 0.29) is 18.2 Å². The molecule has 2 aromatic heterocycles. The number of H-pyrrole nitrogens is 1. The van der Waals surface area contributed by atoms with Gasteiger partial charge in [-0.25, -0.2) is 9.97 Å². The summed E-state index contributed by atoms with van der Waals surface area (Å²) >= 11 is 1.07. The van der Waals surface area contributed by atoms with Crippen LogP contribution in [0.4, 0.5) is 13.2 Å². The number of pyridine rings is 1. The van der Waals surface area contributed by atoms with Crippen LogP contribution in [0.3, 0.4) is 0 Å². The van der Waals surface area contributed by atoms with E-state index in [2.05, 4.69) is 20.3 Å². The van der Waals surface area contributed by atoms with Crippen molar-refractivity contribution in [2.24, 2.45) is 0 Å². The second kappa shape index (κ2) is 7.14. The first kappa shape index (κ1) is 17.3. The van der Waals surface area contributed by atoms with Crippen molar-refractivity contribution in [3.63, 3.8) is 0 Å². The number of alkyl halides is 3. The van der Waals surface area contributed by atoms with Gasteiger partial charge in [-0.3, -0.25) is 4.79 Å². The molecule has 0 saturated carbocycles. The number of fused-ring (bicyclic) bond motifs is 1. The number of benzene rings is 1. The SMILES string of the molecule is O=C(CSc1ccc(C(F)(F)F)cn1)NCc1nc2ccccc2[nH]1. The van der Waals surface area contributed by atoms with Gasteiger partial charge in [0.25, 0.3) is 0 Å². The summed E-state index contributed by atoms with van der Waals surface area (Å²) in [6.07, 6.45) is -3.66. The lowest BCUT2D eigenvalue weighted by atomic mass is 10.3. The van der Waals surface area contributed by atoms with E-state index in [9.17, 15) is 18.0 Å². The first-order valence-corrected chi connectivity index (χ1v) is 8.27. The van der Waals surface area contributed by atoms with Gasteiger partial charge < -0.3 is 10.3 Å². The fourth-order valence-corrected chi connectivity index (χ4v) is 2.77. The number of hydrogen-bond acceptors (Lipinski definition) is 4. The maximum absolute atomic E-state index is 12.5. The molecular weight excluding hydrogens is 353 g/mol. The Balaban J connectivity index is 1.49. The van der Waals surface area contributed by atoms with Gasteiger partial charge in [-0.15, -0.1) is 0 Å². The molecule has 0 aliphatic rings. The molecule has 0 spiro atoms. The van der Waals surface area contributed by atoms with Crippen molar-refractivity contribution < 1.29 is 18.0 Å². The number of carbonyl (C=O) groups is 1. The molecule has 0 fully saturated rings. The molecule has 1 aromatic carbocycles. The van der Waals surface area contributed by atoms with Crippen LogP contribution in [0.1, 0.15) is 11.4 Å². The molecule has 0 aliphatic carbocycles. The third-order valence-corrected chi connectivity index (χ3v) is 4.25.